The molecule has 2 rings (SSSR count). The molecule has 0 saturated carbocycles. The predicted molar refractivity (Wildman–Crippen MR) is 91.3 cm³/mol. The molecule has 1 aliphatic heterocycles. The number of carbonyl (C=O) groups is 2. The van der Waals surface area contributed by atoms with Crippen LogP contribution in [0.1, 0.15) is 39.7 Å². The van der Waals surface area contributed by atoms with E-state index in [2.05, 4.69) is 36.6 Å². The molecule has 2 N–H and O–H groups in total. The number of nitrogens with zero attached hydrogens (tertiary/aromatic N) is 1. The highest BCUT2D eigenvalue weighted by Gasteiger charge is 2.32. The zero-order chi connectivity index (χ0) is 17.0. The van der Waals surface area contributed by atoms with Crippen molar-refractivity contribution in [2.24, 2.45) is 0 Å². The van der Waals surface area contributed by atoms with E-state index in [4.69, 9.17) is 0 Å². The lowest BCUT2D eigenvalue weighted by atomic mass is 9.79. The fraction of sp³-hybridized carbons (Fsp3) is 0.556. The zero-order valence-corrected chi connectivity index (χ0v) is 14.4. The Morgan fingerprint density at radius 3 is 2.43 bits per heavy atom. The first-order chi connectivity index (χ1) is 10.8. The fourth-order valence-corrected chi connectivity index (χ4v) is 3.15. The summed E-state index contributed by atoms with van der Waals surface area (Å²) < 4.78 is 0. The molecule has 1 aromatic carbocycles. The molecule has 0 aliphatic carbocycles. The highest BCUT2D eigenvalue weighted by molar-refractivity contribution is 5.77. The van der Waals surface area contributed by atoms with Crippen molar-refractivity contribution in [3.63, 3.8) is 0 Å². The molecule has 5 nitrogen and oxygen atoms in total. The molecule has 23 heavy (non-hydrogen) atoms. The molecule has 1 aliphatic rings. The summed E-state index contributed by atoms with van der Waals surface area (Å²) in [7, 11) is 0. The van der Waals surface area contributed by atoms with Crippen LogP contribution in [0.2, 0.25) is 0 Å². The summed E-state index contributed by atoms with van der Waals surface area (Å²) >= 11 is 0. The summed E-state index contributed by atoms with van der Waals surface area (Å²) in [6.45, 7) is 9.09. The van der Waals surface area contributed by atoms with Crippen LogP contribution < -0.4 is 10.6 Å². The van der Waals surface area contributed by atoms with Gasteiger partial charge in [-0.05, 0) is 24.3 Å². The van der Waals surface area contributed by atoms with Crippen LogP contribution in [0.5, 0.6) is 0 Å². The second-order valence-electron chi connectivity index (χ2n) is 7.11. The topological polar surface area (TPSA) is 61.4 Å². The minimum absolute atomic E-state index is 0.00161. The van der Waals surface area contributed by atoms with Gasteiger partial charge < -0.3 is 15.5 Å². The van der Waals surface area contributed by atoms with Crippen molar-refractivity contribution in [1.82, 2.24) is 15.5 Å². The first kappa shape index (κ1) is 17.3. The number of carbonyl (C=O) groups excluding carboxylic acids is 2. The van der Waals surface area contributed by atoms with Crippen LogP contribution in [0, 0.1) is 0 Å². The number of benzene rings is 1. The molecule has 0 radical (unpaired) electrons. The fourth-order valence-electron chi connectivity index (χ4n) is 3.15. The number of hydrogen-bond acceptors (Lipinski definition) is 2. The highest BCUT2D eigenvalue weighted by Crippen LogP contribution is 2.28. The third kappa shape index (κ3) is 4.71. The summed E-state index contributed by atoms with van der Waals surface area (Å²) in [6.07, 6.45) is 0.867. The summed E-state index contributed by atoms with van der Waals surface area (Å²) in [4.78, 5) is 24.9. The highest BCUT2D eigenvalue weighted by atomic mass is 16.2. The van der Waals surface area contributed by atoms with Crippen molar-refractivity contribution in [2.75, 3.05) is 13.1 Å². The van der Waals surface area contributed by atoms with Crippen LogP contribution >= 0.6 is 0 Å². The Labute approximate surface area is 138 Å². The van der Waals surface area contributed by atoms with Gasteiger partial charge in [0.2, 0.25) is 5.91 Å². The normalized spacial score (nSPS) is 16.4. The molecule has 5 heteroatoms. The maximum absolute atomic E-state index is 12.2. The van der Waals surface area contributed by atoms with Gasteiger partial charge in [0.1, 0.15) is 0 Å². The van der Waals surface area contributed by atoms with Crippen molar-refractivity contribution < 1.29 is 9.59 Å². The Bertz CT molecular complexity index is 551. The van der Waals surface area contributed by atoms with Gasteiger partial charge in [0.25, 0.3) is 0 Å². The minimum Gasteiger partial charge on any atom is -0.350 e. The Morgan fingerprint density at radius 1 is 1.26 bits per heavy atom. The molecule has 0 spiro atoms. The quantitative estimate of drug-likeness (QED) is 0.875. The SMILES string of the molecule is CC(=O)NC1CN(C(=O)NC(C)CC(C)(C)c2ccccc2)C1. The van der Waals surface area contributed by atoms with Crippen LogP contribution in [0.4, 0.5) is 4.79 Å². The van der Waals surface area contributed by atoms with Gasteiger partial charge in [-0.3, -0.25) is 4.79 Å². The van der Waals surface area contributed by atoms with Gasteiger partial charge in [-0.2, -0.15) is 0 Å². The average molecular weight is 317 g/mol. The van der Waals surface area contributed by atoms with E-state index in [0.29, 0.717) is 13.1 Å². The van der Waals surface area contributed by atoms with E-state index in [0.717, 1.165) is 6.42 Å². The lowest BCUT2D eigenvalue weighted by Crippen LogP contribution is -2.63. The number of amides is 3. The number of urea groups is 1. The smallest absolute Gasteiger partial charge is 0.317 e. The van der Waals surface area contributed by atoms with E-state index >= 15 is 0 Å². The van der Waals surface area contributed by atoms with Gasteiger partial charge in [-0.15, -0.1) is 0 Å². The van der Waals surface area contributed by atoms with Crippen molar-refractivity contribution in [2.45, 2.75) is 51.6 Å². The summed E-state index contributed by atoms with van der Waals surface area (Å²) in [6, 6.07) is 10.5. The number of hydrogen-bond donors (Lipinski definition) is 2. The largest absolute Gasteiger partial charge is 0.350 e. The predicted octanol–water partition coefficient (Wildman–Crippen LogP) is 2.27. The van der Waals surface area contributed by atoms with Crippen molar-refractivity contribution >= 4 is 11.9 Å². The molecular formula is C18H27N3O2. The Morgan fingerprint density at radius 2 is 1.87 bits per heavy atom. The number of rotatable bonds is 5. The third-order valence-electron chi connectivity index (χ3n) is 4.32. The molecule has 1 atom stereocenters. The summed E-state index contributed by atoms with van der Waals surface area (Å²) in [5, 5.41) is 5.87. The van der Waals surface area contributed by atoms with Crippen molar-refractivity contribution in [1.29, 1.82) is 0 Å². The van der Waals surface area contributed by atoms with E-state index in [1.165, 1.54) is 12.5 Å². The van der Waals surface area contributed by atoms with Gasteiger partial charge in [0, 0.05) is 26.1 Å². The van der Waals surface area contributed by atoms with E-state index in [-0.39, 0.29) is 29.4 Å². The van der Waals surface area contributed by atoms with Gasteiger partial charge in [-0.1, -0.05) is 44.2 Å². The van der Waals surface area contributed by atoms with E-state index in [1.807, 2.05) is 25.1 Å². The Kier molecular flexibility index (Phi) is 5.29. The monoisotopic (exact) mass is 317 g/mol. The summed E-state index contributed by atoms with van der Waals surface area (Å²) in [5.74, 6) is -0.0481. The molecule has 3 amide bonds. The minimum atomic E-state index is -0.0528. The lowest BCUT2D eigenvalue weighted by molar-refractivity contribution is -0.120. The first-order valence-corrected chi connectivity index (χ1v) is 8.16. The van der Waals surface area contributed by atoms with Gasteiger partial charge in [-0.25, -0.2) is 4.79 Å². The van der Waals surface area contributed by atoms with Crippen LogP contribution in [0.15, 0.2) is 30.3 Å². The average Bonchev–Trinajstić information content (AvgIpc) is 2.42. The van der Waals surface area contributed by atoms with Crippen LogP contribution in [-0.4, -0.2) is 42.0 Å². The number of nitrogens with one attached hydrogen (secondary N) is 2. The summed E-state index contributed by atoms with van der Waals surface area (Å²) in [5.41, 5.74) is 1.28. The molecule has 1 unspecified atom stereocenters. The lowest BCUT2D eigenvalue weighted by Gasteiger charge is -2.40. The molecule has 1 saturated heterocycles. The Hall–Kier alpha value is -2.04. The third-order valence-corrected chi connectivity index (χ3v) is 4.32. The van der Waals surface area contributed by atoms with Gasteiger partial charge >= 0.3 is 6.03 Å². The molecule has 0 bridgehead atoms. The number of likely N-dealkylation sites (tertiary alicyclic amines) is 1. The van der Waals surface area contributed by atoms with Gasteiger partial charge in [0.05, 0.1) is 6.04 Å². The van der Waals surface area contributed by atoms with E-state index in [1.54, 1.807) is 4.90 Å². The molecule has 1 fully saturated rings. The Balaban J connectivity index is 1.80. The molecule has 126 valence electrons. The molecule has 1 aromatic rings. The zero-order valence-electron chi connectivity index (χ0n) is 14.4. The molecule has 0 aromatic heterocycles. The second kappa shape index (κ2) is 7.02. The maximum atomic E-state index is 12.2. The van der Waals surface area contributed by atoms with Crippen LogP contribution in [0.3, 0.4) is 0 Å². The van der Waals surface area contributed by atoms with E-state index < -0.39 is 0 Å². The van der Waals surface area contributed by atoms with Crippen molar-refractivity contribution in [3.8, 4) is 0 Å². The molecular weight excluding hydrogens is 290 g/mol. The van der Waals surface area contributed by atoms with Crippen LogP contribution in [0.25, 0.3) is 0 Å². The first-order valence-electron chi connectivity index (χ1n) is 8.16. The maximum Gasteiger partial charge on any atom is 0.317 e. The second-order valence-corrected chi connectivity index (χ2v) is 7.11. The molecule has 1 heterocycles. The standard InChI is InChI=1S/C18H27N3O2/c1-13(10-18(3,4)15-8-6-5-7-9-15)19-17(23)21-11-16(12-21)20-14(2)22/h5-9,13,16H,10-12H2,1-4H3,(H,19,23)(H,20,22). The van der Waals surface area contributed by atoms with E-state index in [9.17, 15) is 9.59 Å². The van der Waals surface area contributed by atoms with Crippen LogP contribution in [-0.2, 0) is 10.2 Å². The van der Waals surface area contributed by atoms with Gasteiger partial charge in [0.15, 0.2) is 0 Å². The van der Waals surface area contributed by atoms with Crippen molar-refractivity contribution in [3.05, 3.63) is 35.9 Å².